The van der Waals surface area contributed by atoms with E-state index in [1.54, 1.807) is 6.07 Å². The molecule has 3 aromatic rings. The van der Waals surface area contributed by atoms with Gasteiger partial charge in [-0.3, -0.25) is 4.79 Å². The van der Waals surface area contributed by atoms with Crippen molar-refractivity contribution < 1.29 is 19.1 Å². The van der Waals surface area contributed by atoms with Crippen LogP contribution in [0.4, 0.5) is 11.5 Å². The number of hydrogen-bond donors (Lipinski definition) is 2. The monoisotopic (exact) mass is 475 g/mol. The summed E-state index contributed by atoms with van der Waals surface area (Å²) in [6.45, 7) is 0. The van der Waals surface area contributed by atoms with Crippen molar-refractivity contribution in [2.24, 2.45) is 7.05 Å². The largest absolute Gasteiger partial charge is 0.539 e. The van der Waals surface area contributed by atoms with Crippen LogP contribution < -0.4 is 20.8 Å². The van der Waals surface area contributed by atoms with Gasteiger partial charge in [-0.25, -0.2) is 4.98 Å². The van der Waals surface area contributed by atoms with E-state index in [-0.39, 0.29) is 39.0 Å². The molecule has 3 N–H and O–H groups in total. The summed E-state index contributed by atoms with van der Waals surface area (Å²) >= 11 is 12.8. The molecule has 0 saturated carbocycles. The van der Waals surface area contributed by atoms with E-state index in [4.69, 9.17) is 28.9 Å². The lowest BCUT2D eigenvalue weighted by Gasteiger charge is -2.11. The van der Waals surface area contributed by atoms with Gasteiger partial charge >= 0.3 is 0 Å². The fourth-order valence-corrected chi connectivity index (χ4v) is 3.76. The molecule has 2 aromatic heterocycles. The van der Waals surface area contributed by atoms with E-state index in [2.05, 4.69) is 20.1 Å². The second-order valence-corrected chi connectivity index (χ2v) is 7.75. The second kappa shape index (κ2) is 9.10. The van der Waals surface area contributed by atoms with E-state index in [0.29, 0.717) is 15.7 Å². The summed E-state index contributed by atoms with van der Waals surface area (Å²) in [6.07, 6.45) is 0. The van der Waals surface area contributed by atoms with Crippen LogP contribution >= 0.6 is 35.0 Å². The number of nitrogens with two attached hydrogens (primary N) is 1. The van der Waals surface area contributed by atoms with Crippen molar-refractivity contribution in [1.82, 2.24) is 10.3 Å². The molecule has 3 rings (SSSR count). The van der Waals surface area contributed by atoms with Crippen molar-refractivity contribution >= 4 is 52.4 Å². The van der Waals surface area contributed by atoms with Crippen molar-refractivity contribution in [2.45, 2.75) is 5.03 Å². The van der Waals surface area contributed by atoms with Crippen molar-refractivity contribution in [3.8, 4) is 29.3 Å². The molecule has 0 bridgehead atoms. The van der Waals surface area contributed by atoms with Gasteiger partial charge in [0.05, 0.1) is 32.9 Å². The van der Waals surface area contributed by atoms with E-state index >= 15 is 0 Å². The smallest absolute Gasteiger partial charge is 0.266 e. The number of nitrogens with one attached hydrogen (secondary N) is 1. The molecule has 156 valence electrons. The number of carbonyl (C=O) groups is 1. The maximum absolute atomic E-state index is 12.4. The Morgan fingerprint density at radius 2 is 2.06 bits per heavy atom. The van der Waals surface area contributed by atoms with Crippen LogP contribution in [0, 0.1) is 22.7 Å². The van der Waals surface area contributed by atoms with Gasteiger partial charge in [0.25, 0.3) is 5.69 Å². The molecule has 0 spiro atoms. The molecule has 13 heteroatoms. The lowest BCUT2D eigenvalue weighted by atomic mass is 10.0. The molecule has 1 amide bonds. The maximum Gasteiger partial charge on any atom is 0.266 e. The molecule has 0 saturated heterocycles. The molecule has 31 heavy (non-hydrogen) atoms. The third-order valence-corrected chi connectivity index (χ3v) is 5.50. The first-order valence-electron chi connectivity index (χ1n) is 8.31. The standard InChI is InChI=1S/C18H11Cl2N7O3S/c1-27-15(18(29)30-26-27)14-9(5-21)16(23)25-17(10(14)6-22)31-7-13(28)24-12-4-8(19)2-3-11(12)20/h2-4H,7H2,1H3,(H3-,23,24,25,26,28,29). The summed E-state index contributed by atoms with van der Waals surface area (Å²) in [5.74, 6) is -1.69. The third-order valence-electron chi connectivity index (χ3n) is 3.96. The Hall–Kier alpha value is -3.51. The lowest BCUT2D eigenvalue weighted by Crippen LogP contribution is -2.32. The Bertz CT molecular complexity index is 1260. The van der Waals surface area contributed by atoms with Gasteiger partial charge in [0.15, 0.2) is 13.0 Å². The minimum Gasteiger partial charge on any atom is -0.539 e. The van der Waals surface area contributed by atoms with E-state index in [1.807, 2.05) is 12.1 Å². The van der Waals surface area contributed by atoms with Crippen LogP contribution in [0.5, 0.6) is 5.95 Å². The highest BCUT2D eigenvalue weighted by molar-refractivity contribution is 8.00. The van der Waals surface area contributed by atoms with Crippen LogP contribution in [-0.2, 0) is 11.8 Å². The Morgan fingerprint density at radius 3 is 2.68 bits per heavy atom. The fraction of sp³-hybridized carbons (Fsp3) is 0.111. The normalized spacial score (nSPS) is 10.4. The van der Waals surface area contributed by atoms with Gasteiger partial charge in [-0.05, 0) is 18.2 Å². The highest BCUT2D eigenvalue weighted by Crippen LogP contribution is 2.36. The van der Waals surface area contributed by atoms with Crippen molar-refractivity contribution in [3.05, 3.63) is 39.4 Å². The molecule has 10 nitrogen and oxygen atoms in total. The van der Waals surface area contributed by atoms with Crippen LogP contribution in [0.1, 0.15) is 11.1 Å². The number of nitrogen functional groups attached to an aromatic ring is 1. The first-order valence-corrected chi connectivity index (χ1v) is 10.1. The predicted octanol–water partition coefficient (Wildman–Crippen LogP) is 2.00. The quantitative estimate of drug-likeness (QED) is 0.413. The van der Waals surface area contributed by atoms with Gasteiger partial charge in [0.1, 0.15) is 28.5 Å². The van der Waals surface area contributed by atoms with Crippen LogP contribution in [0.15, 0.2) is 27.7 Å². The second-order valence-electron chi connectivity index (χ2n) is 5.94. The number of rotatable bonds is 5. The van der Waals surface area contributed by atoms with E-state index in [1.165, 1.54) is 19.2 Å². The Labute approximate surface area is 189 Å². The average molecular weight is 476 g/mol. The number of halogens is 2. The highest BCUT2D eigenvalue weighted by atomic mass is 35.5. The molecular weight excluding hydrogens is 465 g/mol. The SMILES string of the molecule is C[n+]1noc([O-])c1-c1c(C#N)c(N)nc(SCC(=O)Nc2cc(Cl)ccc2Cl)c1C#N. The highest BCUT2D eigenvalue weighted by Gasteiger charge is 2.29. The number of benzene rings is 1. The molecule has 0 fully saturated rings. The van der Waals surface area contributed by atoms with Gasteiger partial charge in [-0.1, -0.05) is 39.6 Å². The topological polar surface area (TPSA) is 169 Å². The summed E-state index contributed by atoms with van der Waals surface area (Å²) in [5, 5.41) is 38.1. The number of aryl methyl sites for hydroxylation is 1. The van der Waals surface area contributed by atoms with E-state index in [9.17, 15) is 20.4 Å². The minimum atomic E-state index is -0.856. The molecule has 2 heterocycles. The number of nitrogens with zero attached hydrogens (tertiary/aromatic N) is 5. The zero-order chi connectivity index (χ0) is 22.7. The van der Waals surface area contributed by atoms with Gasteiger partial charge in [-0.15, -0.1) is 0 Å². The number of pyridine rings is 1. The molecule has 0 unspecified atom stereocenters. The van der Waals surface area contributed by atoms with Gasteiger partial charge in [0, 0.05) is 5.02 Å². The number of amides is 1. The van der Waals surface area contributed by atoms with Crippen LogP contribution in [0.2, 0.25) is 10.0 Å². The number of anilines is 2. The number of aromatic nitrogens is 3. The summed E-state index contributed by atoms with van der Waals surface area (Å²) in [4.78, 5) is 16.4. The summed E-state index contributed by atoms with van der Waals surface area (Å²) < 4.78 is 5.68. The molecule has 0 aliphatic heterocycles. The average Bonchev–Trinajstić information content (AvgIpc) is 3.06. The maximum atomic E-state index is 12.4. The number of hydrogen-bond acceptors (Lipinski definition) is 9. The Kier molecular flexibility index (Phi) is 6.51. The van der Waals surface area contributed by atoms with Crippen LogP contribution in [0.3, 0.4) is 0 Å². The van der Waals surface area contributed by atoms with Gasteiger partial charge in [0.2, 0.25) is 5.91 Å². The fourth-order valence-electron chi connectivity index (χ4n) is 2.63. The van der Waals surface area contributed by atoms with Crippen molar-refractivity contribution in [3.63, 3.8) is 0 Å². The van der Waals surface area contributed by atoms with Gasteiger partial charge < -0.3 is 20.7 Å². The zero-order valence-electron chi connectivity index (χ0n) is 15.6. The Balaban J connectivity index is 1.96. The molecule has 0 radical (unpaired) electrons. The molecule has 0 aliphatic rings. The lowest BCUT2D eigenvalue weighted by molar-refractivity contribution is -0.730. The summed E-state index contributed by atoms with van der Waals surface area (Å²) in [7, 11) is 1.41. The molecule has 0 aliphatic carbocycles. The zero-order valence-corrected chi connectivity index (χ0v) is 18.0. The Morgan fingerprint density at radius 1 is 1.35 bits per heavy atom. The van der Waals surface area contributed by atoms with Crippen molar-refractivity contribution in [1.29, 1.82) is 10.5 Å². The molecule has 1 aromatic carbocycles. The van der Waals surface area contributed by atoms with Gasteiger partial charge in [-0.2, -0.15) is 10.5 Å². The van der Waals surface area contributed by atoms with E-state index < -0.39 is 11.9 Å². The third kappa shape index (κ3) is 4.49. The van der Waals surface area contributed by atoms with Crippen LogP contribution in [0.25, 0.3) is 11.3 Å². The number of nitriles is 2. The van der Waals surface area contributed by atoms with Crippen molar-refractivity contribution in [2.75, 3.05) is 16.8 Å². The first-order chi connectivity index (χ1) is 14.8. The minimum absolute atomic E-state index is 0.0574. The first kappa shape index (κ1) is 22.2. The van der Waals surface area contributed by atoms with E-state index in [0.717, 1.165) is 16.4 Å². The molecular formula is C18H11Cl2N7O3S. The summed E-state index contributed by atoms with van der Waals surface area (Å²) in [5.41, 5.74) is 5.71. The number of carbonyl (C=O) groups excluding carboxylic acids is 1. The van der Waals surface area contributed by atoms with Crippen LogP contribution in [-0.4, -0.2) is 21.9 Å². The predicted molar refractivity (Wildman–Crippen MR) is 110 cm³/mol. The summed E-state index contributed by atoms with van der Waals surface area (Å²) in [6, 6.07) is 8.36. The number of thioether (sulfide) groups is 1. The molecule has 0 atom stereocenters.